The molecule has 3 aliphatic rings. The minimum atomic E-state index is -0.170. The van der Waals surface area contributed by atoms with Crippen molar-refractivity contribution in [1.29, 1.82) is 0 Å². The molecule has 0 radical (unpaired) electrons. The smallest absolute Gasteiger partial charge is 0.223 e. The van der Waals surface area contributed by atoms with Crippen LogP contribution >= 0.6 is 0 Å². The van der Waals surface area contributed by atoms with E-state index in [0.29, 0.717) is 41.4 Å². The third kappa shape index (κ3) is 8.78. The van der Waals surface area contributed by atoms with Gasteiger partial charge in [-0.25, -0.2) is 4.39 Å². The summed E-state index contributed by atoms with van der Waals surface area (Å²) in [5.41, 5.74) is 6.38. The Bertz CT molecular complexity index is 1560. The molecule has 4 nitrogen and oxygen atoms in total. The highest BCUT2D eigenvalue weighted by atomic mass is 19.1. The van der Waals surface area contributed by atoms with Gasteiger partial charge in [0.25, 0.3) is 0 Å². The zero-order valence-electron chi connectivity index (χ0n) is 33.8. The Morgan fingerprint density at radius 3 is 1.66 bits per heavy atom. The second-order valence-electron chi connectivity index (χ2n) is 17.0. The first-order valence-electron chi connectivity index (χ1n) is 19.4. The van der Waals surface area contributed by atoms with Crippen molar-refractivity contribution in [2.24, 2.45) is 35.5 Å². The van der Waals surface area contributed by atoms with Crippen molar-refractivity contribution in [3.8, 4) is 0 Å². The SMILES string of the molecule is C.C.CC(=O)N1CC(C(C)C)(C(C)C)c2ccccc21.CC(C)C1(C(C)C)CC(c2ccc(F)cc2)CO1.CC(C)C1(C(C)C)OCc2ccccc21. The van der Waals surface area contributed by atoms with Crippen molar-refractivity contribution in [2.45, 2.75) is 140 Å². The van der Waals surface area contributed by atoms with Crippen LogP contribution in [0.15, 0.2) is 72.8 Å². The van der Waals surface area contributed by atoms with Gasteiger partial charge in [0.2, 0.25) is 5.91 Å². The number of benzene rings is 3. The summed E-state index contributed by atoms with van der Waals surface area (Å²) in [4.78, 5) is 13.8. The molecule has 53 heavy (non-hydrogen) atoms. The van der Waals surface area contributed by atoms with Gasteiger partial charge >= 0.3 is 0 Å². The zero-order chi connectivity index (χ0) is 37.9. The molecule has 5 heteroatoms. The van der Waals surface area contributed by atoms with Crippen molar-refractivity contribution in [3.05, 3.63) is 101 Å². The molecule has 1 amide bonds. The normalized spacial score (nSPS) is 18.9. The van der Waals surface area contributed by atoms with Gasteiger partial charge in [-0.2, -0.15) is 0 Å². The molecular formula is C48H74FNO3. The second-order valence-corrected chi connectivity index (χ2v) is 17.0. The van der Waals surface area contributed by atoms with E-state index in [-0.39, 0.29) is 43.2 Å². The van der Waals surface area contributed by atoms with Gasteiger partial charge < -0.3 is 14.4 Å². The number of ether oxygens (including phenoxy) is 2. The molecule has 296 valence electrons. The molecule has 3 heterocycles. The first-order chi connectivity index (χ1) is 23.9. The Morgan fingerprint density at radius 2 is 1.19 bits per heavy atom. The third-order valence-corrected chi connectivity index (χ3v) is 12.6. The van der Waals surface area contributed by atoms with E-state index >= 15 is 0 Å². The fraction of sp³-hybridized carbons (Fsp3) is 0.604. The third-order valence-electron chi connectivity index (χ3n) is 12.6. The molecule has 0 aliphatic carbocycles. The first-order valence-corrected chi connectivity index (χ1v) is 19.4. The highest BCUT2D eigenvalue weighted by Crippen LogP contribution is 2.50. The Morgan fingerprint density at radius 1 is 0.679 bits per heavy atom. The molecule has 0 spiro atoms. The summed E-state index contributed by atoms with van der Waals surface area (Å²) in [5.74, 6) is 3.44. The standard InChI is InChI=1S/C16H23FO.C16H23NO.C14H20O.2CH4/c1-11(2)16(12(3)4)9-14(10-18-16)13-5-7-15(17)8-6-13;1-11(2)16(12(3)4)10-17(13(5)18)15-9-7-6-8-14(15)16;1-10(2)14(11(3)4)13-8-6-5-7-12(13)9-15-14;;/h5-8,11-12,14H,9-10H2,1-4H3;6-9,11-12H,10H2,1-5H3;5-8,10-11H,9H2,1-4H3;2*1H4. The molecule has 3 aromatic carbocycles. The largest absolute Gasteiger partial charge is 0.374 e. The average Bonchev–Trinajstić information content (AvgIpc) is 3.80. The molecule has 0 bridgehead atoms. The number of rotatable bonds is 7. The summed E-state index contributed by atoms with van der Waals surface area (Å²) in [6, 6.07) is 23.9. The van der Waals surface area contributed by atoms with E-state index in [2.05, 4.69) is 126 Å². The van der Waals surface area contributed by atoms with E-state index in [4.69, 9.17) is 9.47 Å². The fourth-order valence-corrected chi connectivity index (χ4v) is 9.57. The molecule has 6 rings (SSSR count). The maximum absolute atomic E-state index is 13.0. The molecule has 3 aromatic rings. The van der Waals surface area contributed by atoms with Crippen LogP contribution < -0.4 is 4.90 Å². The second kappa shape index (κ2) is 18.5. The van der Waals surface area contributed by atoms with Crippen LogP contribution in [-0.4, -0.2) is 24.7 Å². The van der Waals surface area contributed by atoms with E-state index in [1.54, 1.807) is 19.1 Å². The summed E-state index contributed by atoms with van der Waals surface area (Å²) in [6.07, 6.45) is 1.04. The zero-order valence-corrected chi connectivity index (χ0v) is 33.8. The lowest BCUT2D eigenvalue weighted by molar-refractivity contribution is -0.116. The lowest BCUT2D eigenvalue weighted by Gasteiger charge is -2.38. The van der Waals surface area contributed by atoms with Gasteiger partial charge in [0, 0.05) is 30.5 Å². The van der Waals surface area contributed by atoms with Crippen LogP contribution in [-0.2, 0) is 31.9 Å². The van der Waals surface area contributed by atoms with Crippen LogP contribution in [0, 0.1) is 41.3 Å². The summed E-state index contributed by atoms with van der Waals surface area (Å²) < 4.78 is 25.3. The number of para-hydroxylation sites is 1. The summed E-state index contributed by atoms with van der Waals surface area (Å²) >= 11 is 0. The van der Waals surface area contributed by atoms with Gasteiger partial charge in [-0.15, -0.1) is 0 Å². The van der Waals surface area contributed by atoms with Gasteiger partial charge in [0.05, 0.1) is 24.4 Å². The Labute approximate surface area is 324 Å². The molecule has 1 atom stereocenters. The molecule has 0 N–H and O–H groups in total. The number of amides is 1. The van der Waals surface area contributed by atoms with Crippen molar-refractivity contribution in [1.82, 2.24) is 0 Å². The maximum atomic E-state index is 13.0. The number of carbonyl (C=O) groups is 1. The molecule has 3 aliphatic heterocycles. The van der Waals surface area contributed by atoms with Crippen LogP contribution in [0.1, 0.15) is 139 Å². The topological polar surface area (TPSA) is 38.8 Å². The number of hydrogen-bond acceptors (Lipinski definition) is 3. The quantitative estimate of drug-likeness (QED) is 0.243. The van der Waals surface area contributed by atoms with E-state index in [1.165, 1.54) is 22.3 Å². The molecule has 1 unspecified atom stereocenters. The molecule has 1 saturated heterocycles. The number of fused-ring (bicyclic) bond motifs is 2. The van der Waals surface area contributed by atoms with Gasteiger partial charge in [0.15, 0.2) is 0 Å². The predicted molar refractivity (Wildman–Crippen MR) is 224 cm³/mol. The number of anilines is 1. The predicted octanol–water partition coefficient (Wildman–Crippen LogP) is 13.0. The minimum absolute atomic E-state index is 0. The fourth-order valence-electron chi connectivity index (χ4n) is 9.57. The van der Waals surface area contributed by atoms with Crippen molar-refractivity contribution < 1.29 is 18.7 Å². The molecular weight excluding hydrogens is 658 g/mol. The first kappa shape index (κ1) is 46.1. The number of hydrogen-bond donors (Lipinski definition) is 0. The Hall–Kier alpha value is -3.02. The van der Waals surface area contributed by atoms with Crippen molar-refractivity contribution in [3.63, 3.8) is 0 Å². The van der Waals surface area contributed by atoms with Gasteiger partial charge in [0.1, 0.15) is 5.82 Å². The van der Waals surface area contributed by atoms with E-state index in [0.717, 1.165) is 31.9 Å². The Kier molecular flexibility index (Phi) is 16.1. The number of halogens is 1. The van der Waals surface area contributed by atoms with Crippen molar-refractivity contribution >= 4 is 11.6 Å². The monoisotopic (exact) mass is 732 g/mol. The highest BCUT2D eigenvalue weighted by Gasteiger charge is 2.48. The van der Waals surface area contributed by atoms with Crippen LogP contribution in [0.25, 0.3) is 0 Å². The summed E-state index contributed by atoms with van der Waals surface area (Å²) in [7, 11) is 0. The maximum Gasteiger partial charge on any atom is 0.223 e. The van der Waals surface area contributed by atoms with Gasteiger partial charge in [-0.3, -0.25) is 4.79 Å². The van der Waals surface area contributed by atoms with Gasteiger partial charge in [-0.1, -0.05) is 153 Å². The lowest BCUT2D eigenvalue weighted by Crippen LogP contribution is -2.43. The van der Waals surface area contributed by atoms with Crippen LogP contribution in [0.3, 0.4) is 0 Å². The molecule has 0 saturated carbocycles. The van der Waals surface area contributed by atoms with E-state index in [1.807, 2.05) is 23.1 Å². The summed E-state index contributed by atoms with van der Waals surface area (Å²) in [5, 5.41) is 0. The van der Waals surface area contributed by atoms with Crippen LogP contribution in [0.4, 0.5) is 10.1 Å². The van der Waals surface area contributed by atoms with Crippen LogP contribution in [0.5, 0.6) is 0 Å². The number of carbonyl (C=O) groups excluding carboxylic acids is 1. The van der Waals surface area contributed by atoms with Crippen molar-refractivity contribution in [2.75, 3.05) is 18.1 Å². The van der Waals surface area contributed by atoms with Gasteiger partial charge in [-0.05, 0) is 82.4 Å². The molecule has 0 aromatic heterocycles. The Balaban J connectivity index is 0.000000271. The highest BCUT2D eigenvalue weighted by molar-refractivity contribution is 5.94. The lowest BCUT2D eigenvalue weighted by atomic mass is 9.66. The number of nitrogens with zero attached hydrogens (tertiary/aromatic N) is 1. The van der Waals surface area contributed by atoms with Crippen LogP contribution in [0.2, 0.25) is 0 Å². The minimum Gasteiger partial charge on any atom is -0.374 e. The van der Waals surface area contributed by atoms with E-state index in [9.17, 15) is 9.18 Å². The van der Waals surface area contributed by atoms with E-state index < -0.39 is 0 Å². The molecule has 1 fully saturated rings. The average molecular weight is 732 g/mol. The summed E-state index contributed by atoms with van der Waals surface area (Å²) in [6.45, 7) is 31.0.